The molecule has 1 aromatic carbocycles. The molecule has 3 heterocycles. The molecule has 0 saturated carbocycles. The van der Waals surface area contributed by atoms with E-state index in [1.165, 1.54) is 13.8 Å². The van der Waals surface area contributed by atoms with E-state index in [0.717, 1.165) is 18.2 Å². The average molecular weight is 566 g/mol. The molecule has 3 aliphatic rings. The van der Waals surface area contributed by atoms with Crippen molar-refractivity contribution < 1.29 is 70.8 Å². The quantitative estimate of drug-likeness (QED) is 0.261. The molecule has 0 amide bonds. The molecule has 0 atom stereocenters. The molecule has 0 radical (unpaired) electrons. The third kappa shape index (κ3) is 3.17. The average Bonchev–Trinajstić information content (AvgIpc) is 2.89. The van der Waals surface area contributed by atoms with Gasteiger partial charge in [-0.15, -0.1) is 0 Å². The Morgan fingerprint density at radius 2 is 1.03 bits per heavy atom. The van der Waals surface area contributed by atoms with Crippen molar-refractivity contribution in [1.82, 2.24) is 0 Å². The molecule has 0 N–H and O–H groups in total. The van der Waals surface area contributed by atoms with Crippen LogP contribution in [0.4, 0.5) is 52.7 Å². The van der Waals surface area contributed by atoms with Gasteiger partial charge in [0.2, 0.25) is 0 Å². The van der Waals surface area contributed by atoms with Gasteiger partial charge in [0, 0.05) is 0 Å². The van der Waals surface area contributed by atoms with Gasteiger partial charge in [-0.3, -0.25) is 0 Å². The summed E-state index contributed by atoms with van der Waals surface area (Å²) in [6.07, 6.45) is -26.5. The Morgan fingerprint density at radius 1 is 0.639 bits per heavy atom. The number of halogens is 12. The van der Waals surface area contributed by atoms with Gasteiger partial charge in [0.25, 0.3) is 0 Å². The topological polar surface area (TPSA) is 36.9 Å². The summed E-state index contributed by atoms with van der Waals surface area (Å²) in [6, 6.07) is 3.70. The first-order valence-corrected chi connectivity index (χ1v) is 11.7. The fourth-order valence-corrected chi connectivity index (χ4v) is 9.11. The van der Waals surface area contributed by atoms with Gasteiger partial charge in [-0.1, -0.05) is 0 Å². The normalized spacial score (nSPS) is 27.7. The zero-order valence-corrected chi connectivity index (χ0v) is 18.8. The van der Waals surface area contributed by atoms with Crippen LogP contribution in [-0.4, -0.2) is 49.1 Å². The van der Waals surface area contributed by atoms with Gasteiger partial charge in [-0.2, -0.15) is 0 Å². The van der Waals surface area contributed by atoms with E-state index in [1.807, 2.05) is 0 Å². The summed E-state index contributed by atoms with van der Waals surface area (Å²) >= 11 is 0. The molecule has 17 heteroatoms. The first kappa shape index (κ1) is 27.4. The number of hydrogen-bond donors (Lipinski definition) is 0. The number of benzene rings is 1. The van der Waals surface area contributed by atoms with Crippen molar-refractivity contribution in [3.63, 3.8) is 0 Å². The Kier molecular flexibility index (Phi) is 5.39. The second kappa shape index (κ2) is 7.07. The molecule has 1 aromatic rings. The van der Waals surface area contributed by atoms with Crippen LogP contribution in [0, 0.1) is 5.41 Å². The third-order valence-corrected chi connectivity index (χ3v) is 9.49. The van der Waals surface area contributed by atoms with Gasteiger partial charge < -0.3 is 0 Å². The summed E-state index contributed by atoms with van der Waals surface area (Å²) in [4.78, 5) is 0. The SMILES string of the molecule is CC1(C)COP23(OC1)OC(C(F)(F)F)(C(F)(F)F)C(c1ccccc1)=C2C(C(F)(F)F)(C(F)(F)F)O3. The van der Waals surface area contributed by atoms with Crippen LogP contribution in [0.5, 0.6) is 0 Å². The van der Waals surface area contributed by atoms with Crippen LogP contribution in [0.15, 0.2) is 35.6 Å². The Morgan fingerprint density at radius 3 is 1.42 bits per heavy atom. The molecule has 2 fully saturated rings. The van der Waals surface area contributed by atoms with Crippen LogP contribution >= 0.6 is 7.51 Å². The number of alkyl halides is 12. The second-order valence-corrected chi connectivity index (χ2v) is 12.1. The summed E-state index contributed by atoms with van der Waals surface area (Å²) in [6.45, 7) is 0.711. The molecular formula is C19H15F12O4P. The van der Waals surface area contributed by atoms with Crippen LogP contribution < -0.4 is 0 Å². The van der Waals surface area contributed by atoms with Crippen molar-refractivity contribution in [3.8, 4) is 0 Å². The van der Waals surface area contributed by atoms with Gasteiger partial charge in [0.05, 0.1) is 0 Å². The van der Waals surface area contributed by atoms with Gasteiger partial charge in [-0.25, -0.2) is 0 Å². The van der Waals surface area contributed by atoms with Crippen molar-refractivity contribution in [1.29, 1.82) is 0 Å². The van der Waals surface area contributed by atoms with Crippen molar-refractivity contribution >= 4 is 13.1 Å². The Balaban J connectivity index is 2.24. The molecule has 2 saturated heterocycles. The fourth-order valence-electron chi connectivity index (χ4n) is 4.33. The number of rotatable bonds is 1. The number of hydrogen-bond acceptors (Lipinski definition) is 4. The first-order chi connectivity index (χ1) is 16.0. The molecule has 3 aliphatic heterocycles. The zero-order valence-electron chi connectivity index (χ0n) is 17.9. The predicted octanol–water partition coefficient (Wildman–Crippen LogP) is 7.47. The molecule has 0 aromatic heterocycles. The van der Waals surface area contributed by atoms with Crippen LogP contribution in [-0.2, 0) is 18.1 Å². The zero-order chi connectivity index (χ0) is 27.5. The van der Waals surface area contributed by atoms with Crippen LogP contribution in [0.1, 0.15) is 19.4 Å². The monoisotopic (exact) mass is 566 g/mol. The van der Waals surface area contributed by atoms with Gasteiger partial charge in [-0.05, 0) is 0 Å². The molecule has 1 spiro atoms. The summed E-state index contributed by atoms with van der Waals surface area (Å²) in [7, 11) is -7.01. The minimum absolute atomic E-state index is 0.486. The first-order valence-electron chi connectivity index (χ1n) is 9.83. The van der Waals surface area contributed by atoms with Crippen molar-refractivity contribution in [2.24, 2.45) is 5.41 Å². The van der Waals surface area contributed by atoms with E-state index < -0.39 is 78.5 Å². The summed E-state index contributed by atoms with van der Waals surface area (Å²) < 4.78 is 189. The molecule has 4 nitrogen and oxygen atoms in total. The standard InChI is InChI=1S/C19H15F12O4P/c1-13(2)8-32-36(33-9-13)12(15(35-36,18(26,27)28)19(29,30)31)11(10-6-4-3-5-7-10)14(34-36,16(20,21)22)17(23,24)25/h3-7H,8-9H2,1-2H3. The van der Waals surface area contributed by atoms with Crippen molar-refractivity contribution in [2.75, 3.05) is 13.2 Å². The Bertz CT molecular complexity index is 1060. The third-order valence-electron chi connectivity index (χ3n) is 5.89. The summed E-state index contributed by atoms with van der Waals surface area (Å²) in [5, 5.41) is -2.55. The van der Waals surface area contributed by atoms with Crippen molar-refractivity contribution in [2.45, 2.75) is 49.8 Å². The predicted molar refractivity (Wildman–Crippen MR) is 97.8 cm³/mol. The van der Waals surface area contributed by atoms with E-state index in [1.54, 1.807) is 0 Å². The molecule has 0 unspecified atom stereocenters. The van der Waals surface area contributed by atoms with Crippen LogP contribution in [0.25, 0.3) is 5.57 Å². The molecule has 0 bridgehead atoms. The van der Waals surface area contributed by atoms with E-state index in [9.17, 15) is 52.7 Å². The van der Waals surface area contributed by atoms with Crippen LogP contribution in [0.3, 0.4) is 0 Å². The Hall–Kier alpha value is -1.61. The van der Waals surface area contributed by atoms with E-state index in [4.69, 9.17) is 9.05 Å². The maximum absolute atomic E-state index is 14.4. The fraction of sp³-hybridized carbons (Fsp3) is 0.579. The van der Waals surface area contributed by atoms with E-state index in [0.29, 0.717) is 12.1 Å². The van der Waals surface area contributed by atoms with Gasteiger partial charge in [0.15, 0.2) is 0 Å². The molecule has 36 heavy (non-hydrogen) atoms. The van der Waals surface area contributed by atoms with Gasteiger partial charge >= 0.3 is 193 Å². The van der Waals surface area contributed by atoms with E-state index >= 15 is 0 Å². The Labute approximate surface area is 194 Å². The summed E-state index contributed by atoms with van der Waals surface area (Å²) in [5.41, 5.74) is -16.4. The maximum atomic E-state index is 14.4. The van der Waals surface area contributed by atoms with Gasteiger partial charge in [0.1, 0.15) is 0 Å². The molecule has 4 rings (SSSR count). The minimum atomic E-state index is -7.01. The second-order valence-electron chi connectivity index (χ2n) is 9.15. The molecule has 0 aliphatic carbocycles. The van der Waals surface area contributed by atoms with Crippen LogP contribution in [0.2, 0.25) is 0 Å². The molecule has 204 valence electrons. The molecular weight excluding hydrogens is 551 g/mol. The van der Waals surface area contributed by atoms with E-state index in [2.05, 4.69) is 9.05 Å². The summed E-state index contributed by atoms with van der Waals surface area (Å²) in [5.74, 6) is 0. The van der Waals surface area contributed by atoms with E-state index in [-0.39, 0.29) is 0 Å². The van der Waals surface area contributed by atoms with Crippen molar-refractivity contribution in [3.05, 3.63) is 41.2 Å².